The van der Waals surface area contributed by atoms with Crippen molar-refractivity contribution in [1.82, 2.24) is 14.7 Å². The van der Waals surface area contributed by atoms with Crippen molar-refractivity contribution in [3.63, 3.8) is 0 Å². The highest BCUT2D eigenvalue weighted by Gasteiger charge is 2.39. The summed E-state index contributed by atoms with van der Waals surface area (Å²) in [5, 5.41) is 3.79. The van der Waals surface area contributed by atoms with E-state index in [0.717, 1.165) is 16.0 Å². The second-order valence-electron chi connectivity index (χ2n) is 8.82. The molecule has 0 N–H and O–H groups in total. The van der Waals surface area contributed by atoms with Gasteiger partial charge in [-0.2, -0.15) is 37.7 Å². The van der Waals surface area contributed by atoms with Gasteiger partial charge in [-0.3, -0.25) is 4.79 Å². The first kappa shape index (κ1) is 27.8. The zero-order valence-corrected chi connectivity index (χ0v) is 21.0. The molecule has 0 spiro atoms. The Bertz CT molecular complexity index is 1080. The van der Waals surface area contributed by atoms with Crippen LogP contribution in [0, 0.1) is 6.92 Å². The van der Waals surface area contributed by atoms with Gasteiger partial charge in [0, 0.05) is 33.1 Å². The molecule has 12 heteroatoms. The van der Waals surface area contributed by atoms with Crippen molar-refractivity contribution in [3.05, 3.63) is 56.8 Å². The van der Waals surface area contributed by atoms with E-state index in [2.05, 4.69) is 0 Å². The van der Waals surface area contributed by atoms with Crippen LogP contribution in [0.4, 0.5) is 31.1 Å². The molecule has 5 nitrogen and oxygen atoms in total. The normalized spacial score (nSPS) is 17.8. The first-order chi connectivity index (χ1) is 16.6. The number of halogens is 6. The van der Waals surface area contributed by atoms with Crippen LogP contribution in [0.3, 0.4) is 0 Å². The van der Waals surface area contributed by atoms with Crippen molar-refractivity contribution >= 4 is 23.3 Å². The Kier molecular flexibility index (Phi) is 7.97. The van der Waals surface area contributed by atoms with Gasteiger partial charge < -0.3 is 14.7 Å². The van der Waals surface area contributed by atoms with Crippen LogP contribution >= 0.6 is 11.3 Å². The van der Waals surface area contributed by atoms with Gasteiger partial charge in [0.05, 0.1) is 23.2 Å². The maximum Gasteiger partial charge on any atom is 0.416 e. The van der Waals surface area contributed by atoms with Gasteiger partial charge in [0.25, 0.3) is 0 Å². The molecule has 198 valence electrons. The Morgan fingerprint density at radius 2 is 1.64 bits per heavy atom. The lowest BCUT2D eigenvalue weighted by Crippen LogP contribution is -2.55. The summed E-state index contributed by atoms with van der Waals surface area (Å²) in [7, 11) is 1.35. The van der Waals surface area contributed by atoms with E-state index in [9.17, 15) is 35.9 Å². The summed E-state index contributed by atoms with van der Waals surface area (Å²) >= 11 is 1.44. The molecular formula is C24H27F6N3O2S. The fourth-order valence-electron chi connectivity index (χ4n) is 4.25. The number of nitrogens with zero attached hydrogens (tertiary/aromatic N) is 3. The number of benzene rings is 1. The van der Waals surface area contributed by atoms with Gasteiger partial charge in [0.2, 0.25) is 5.91 Å². The number of carbonyl (C=O) groups excluding carboxylic acids is 2. The molecule has 0 aliphatic carbocycles. The van der Waals surface area contributed by atoms with E-state index in [-0.39, 0.29) is 37.2 Å². The van der Waals surface area contributed by atoms with Gasteiger partial charge in [-0.05, 0) is 59.5 Å². The topological polar surface area (TPSA) is 43.9 Å². The minimum Gasteiger partial charge on any atom is -0.339 e. The Labute approximate surface area is 209 Å². The summed E-state index contributed by atoms with van der Waals surface area (Å²) in [5.41, 5.74) is -1.37. The number of hydrogen-bond acceptors (Lipinski definition) is 3. The van der Waals surface area contributed by atoms with Crippen molar-refractivity contribution < 1.29 is 35.9 Å². The molecule has 1 aliphatic heterocycles. The van der Waals surface area contributed by atoms with E-state index in [0.29, 0.717) is 18.6 Å². The number of amides is 3. The van der Waals surface area contributed by atoms with Crippen LogP contribution in [0.25, 0.3) is 0 Å². The molecule has 0 radical (unpaired) electrons. The van der Waals surface area contributed by atoms with Crippen LogP contribution in [-0.4, -0.2) is 53.3 Å². The maximum atomic E-state index is 13.5. The molecule has 2 unspecified atom stereocenters. The summed E-state index contributed by atoms with van der Waals surface area (Å²) in [4.78, 5) is 30.2. The van der Waals surface area contributed by atoms with Crippen LogP contribution in [-0.2, 0) is 17.1 Å². The summed E-state index contributed by atoms with van der Waals surface area (Å²) < 4.78 is 80.0. The predicted molar refractivity (Wildman–Crippen MR) is 123 cm³/mol. The van der Waals surface area contributed by atoms with Gasteiger partial charge in [-0.1, -0.05) is 6.92 Å². The Balaban J connectivity index is 1.94. The largest absolute Gasteiger partial charge is 0.416 e. The highest BCUT2D eigenvalue weighted by molar-refractivity contribution is 7.08. The van der Waals surface area contributed by atoms with Crippen LogP contribution < -0.4 is 0 Å². The fourth-order valence-corrected chi connectivity index (χ4v) is 5.15. The average molecular weight is 536 g/mol. The SMILES string of the molecule is CCC(=O)N1CCN(C(=O)N(C)C(C)c2cc(C(F)(F)F)cc(C(F)(F)F)c2)C(c2cscc2C)C1. The lowest BCUT2D eigenvalue weighted by atomic mass is 9.99. The number of piperazine rings is 1. The number of carbonyl (C=O) groups is 2. The van der Waals surface area contributed by atoms with Crippen molar-refractivity contribution in [3.8, 4) is 0 Å². The summed E-state index contributed by atoms with van der Waals surface area (Å²) in [5.74, 6) is -0.0645. The van der Waals surface area contributed by atoms with Gasteiger partial charge in [0.1, 0.15) is 0 Å². The van der Waals surface area contributed by atoms with Crippen molar-refractivity contribution in [1.29, 1.82) is 0 Å². The number of thiophene rings is 1. The Morgan fingerprint density at radius 3 is 2.11 bits per heavy atom. The molecule has 1 aromatic carbocycles. The minimum atomic E-state index is -4.98. The van der Waals surface area contributed by atoms with E-state index >= 15 is 0 Å². The number of aryl methyl sites for hydroxylation is 1. The molecule has 2 atom stereocenters. The summed E-state index contributed by atoms with van der Waals surface area (Å²) in [6.07, 6.45) is -9.67. The zero-order chi connectivity index (χ0) is 27.0. The van der Waals surface area contributed by atoms with Gasteiger partial charge >= 0.3 is 18.4 Å². The molecule has 1 fully saturated rings. The second kappa shape index (κ2) is 10.3. The maximum absolute atomic E-state index is 13.5. The van der Waals surface area contributed by atoms with Crippen molar-refractivity contribution in [2.75, 3.05) is 26.7 Å². The first-order valence-corrected chi connectivity index (χ1v) is 12.2. The van der Waals surface area contributed by atoms with Gasteiger partial charge in [-0.15, -0.1) is 0 Å². The lowest BCUT2D eigenvalue weighted by molar-refractivity contribution is -0.143. The summed E-state index contributed by atoms with van der Waals surface area (Å²) in [6.45, 7) is 5.71. The number of rotatable bonds is 4. The van der Waals surface area contributed by atoms with Gasteiger partial charge in [-0.25, -0.2) is 4.79 Å². The molecule has 1 aromatic heterocycles. The van der Waals surface area contributed by atoms with Crippen molar-refractivity contribution in [2.24, 2.45) is 0 Å². The molecule has 2 aromatic rings. The predicted octanol–water partition coefficient (Wildman–Crippen LogP) is 6.50. The van der Waals surface area contributed by atoms with E-state index < -0.39 is 41.6 Å². The zero-order valence-electron chi connectivity index (χ0n) is 20.2. The molecule has 3 amide bonds. The van der Waals surface area contributed by atoms with Crippen LogP contribution in [0.15, 0.2) is 29.0 Å². The van der Waals surface area contributed by atoms with Crippen molar-refractivity contribution in [2.45, 2.75) is 51.6 Å². The van der Waals surface area contributed by atoms with E-state index in [1.807, 2.05) is 17.7 Å². The molecule has 0 bridgehead atoms. The standard InChI is InChI=1S/C24H27F6N3O2S/c1-5-21(34)32-6-7-33(20(11-32)19-13-36-12-14(19)2)22(35)31(4)15(3)16-8-17(23(25,26)27)10-18(9-16)24(28,29)30/h8-10,12-13,15,20H,5-7,11H2,1-4H3. The summed E-state index contributed by atoms with van der Waals surface area (Å²) in [6, 6.07) is -0.774. The first-order valence-electron chi connectivity index (χ1n) is 11.3. The number of urea groups is 1. The third kappa shape index (κ3) is 5.79. The second-order valence-corrected chi connectivity index (χ2v) is 9.56. The lowest BCUT2D eigenvalue weighted by Gasteiger charge is -2.44. The molecule has 3 rings (SSSR count). The molecule has 1 saturated heterocycles. The minimum absolute atomic E-state index is 0.0645. The van der Waals surface area contributed by atoms with Crippen LogP contribution in [0.2, 0.25) is 0 Å². The number of hydrogen-bond donors (Lipinski definition) is 0. The van der Waals surface area contributed by atoms with E-state index in [1.165, 1.54) is 30.2 Å². The monoisotopic (exact) mass is 535 g/mol. The third-order valence-electron chi connectivity index (χ3n) is 6.51. The Hall–Kier alpha value is -2.76. The van der Waals surface area contributed by atoms with E-state index in [4.69, 9.17) is 0 Å². The fraction of sp³-hybridized carbons (Fsp3) is 0.500. The van der Waals surface area contributed by atoms with Crippen LogP contribution in [0.5, 0.6) is 0 Å². The highest BCUT2D eigenvalue weighted by atomic mass is 32.1. The molecule has 0 saturated carbocycles. The molecule has 2 heterocycles. The molecule has 1 aliphatic rings. The van der Waals surface area contributed by atoms with Gasteiger partial charge in [0.15, 0.2) is 0 Å². The Morgan fingerprint density at radius 1 is 1.06 bits per heavy atom. The van der Waals surface area contributed by atoms with Crippen LogP contribution in [0.1, 0.15) is 60.2 Å². The average Bonchev–Trinajstić information content (AvgIpc) is 3.25. The quantitative estimate of drug-likeness (QED) is 0.420. The molecule has 36 heavy (non-hydrogen) atoms. The third-order valence-corrected chi connectivity index (χ3v) is 7.39. The molecular weight excluding hydrogens is 508 g/mol. The highest BCUT2D eigenvalue weighted by Crippen LogP contribution is 2.39. The smallest absolute Gasteiger partial charge is 0.339 e. The van der Waals surface area contributed by atoms with E-state index in [1.54, 1.807) is 11.8 Å². The number of alkyl halides is 6.